The van der Waals surface area contributed by atoms with Crippen molar-refractivity contribution < 1.29 is 9.47 Å². The lowest BCUT2D eigenvalue weighted by Gasteiger charge is -2.16. The molecular weight excluding hydrogens is 475 g/mol. The van der Waals surface area contributed by atoms with Crippen molar-refractivity contribution >= 4 is 41.3 Å². The number of thiophene rings is 1. The molecule has 27 heavy (non-hydrogen) atoms. The van der Waals surface area contributed by atoms with Crippen LogP contribution in [0.3, 0.4) is 0 Å². The van der Waals surface area contributed by atoms with Crippen LogP contribution >= 0.6 is 35.3 Å². The summed E-state index contributed by atoms with van der Waals surface area (Å²) in [5, 5.41) is 8.83. The molecule has 2 heterocycles. The highest BCUT2D eigenvalue weighted by Gasteiger charge is 2.08. The number of ether oxygens (including phenoxy) is 2. The molecule has 0 fully saturated rings. The summed E-state index contributed by atoms with van der Waals surface area (Å²) in [5.74, 6) is 1.92. The molecular formula is C19H29IN4O2S. The highest BCUT2D eigenvalue weighted by molar-refractivity contribution is 14.0. The lowest BCUT2D eigenvalue weighted by molar-refractivity contribution is 0.143. The quantitative estimate of drug-likeness (QED) is 0.225. The van der Waals surface area contributed by atoms with Gasteiger partial charge in [-0.3, -0.25) is 4.99 Å². The Kier molecular flexibility index (Phi) is 12.0. The maximum atomic E-state index is 5.67. The number of pyridine rings is 1. The van der Waals surface area contributed by atoms with Gasteiger partial charge < -0.3 is 20.1 Å². The molecule has 0 radical (unpaired) electrons. The first-order valence-corrected chi connectivity index (χ1v) is 9.63. The van der Waals surface area contributed by atoms with Gasteiger partial charge in [-0.15, -0.1) is 35.3 Å². The first-order valence-electron chi connectivity index (χ1n) is 8.75. The van der Waals surface area contributed by atoms with Crippen LogP contribution in [0.25, 0.3) is 0 Å². The first kappa shape index (κ1) is 23.6. The van der Waals surface area contributed by atoms with Crippen molar-refractivity contribution in [3.8, 4) is 5.88 Å². The summed E-state index contributed by atoms with van der Waals surface area (Å²) in [4.78, 5) is 10.00. The minimum Gasteiger partial charge on any atom is -0.475 e. The van der Waals surface area contributed by atoms with Crippen LogP contribution in [0.5, 0.6) is 5.88 Å². The predicted octanol–water partition coefficient (Wildman–Crippen LogP) is 3.33. The number of hydrogen-bond acceptors (Lipinski definition) is 5. The first-order chi connectivity index (χ1) is 12.7. The molecule has 1 unspecified atom stereocenters. The second kappa shape index (κ2) is 13.7. The molecule has 0 aromatic carbocycles. The normalized spacial score (nSPS) is 12.2. The Morgan fingerprint density at radius 3 is 2.81 bits per heavy atom. The second-order valence-corrected chi connectivity index (χ2v) is 7.04. The van der Waals surface area contributed by atoms with Crippen LogP contribution in [0.4, 0.5) is 0 Å². The molecule has 2 aromatic heterocycles. The number of guanidine groups is 1. The van der Waals surface area contributed by atoms with Crippen molar-refractivity contribution in [2.75, 3.05) is 33.9 Å². The van der Waals surface area contributed by atoms with Crippen molar-refractivity contribution in [2.24, 2.45) is 10.9 Å². The number of methoxy groups -OCH3 is 1. The van der Waals surface area contributed by atoms with Gasteiger partial charge in [-0.1, -0.05) is 19.1 Å². The van der Waals surface area contributed by atoms with Gasteiger partial charge in [0.15, 0.2) is 5.96 Å². The fourth-order valence-electron chi connectivity index (χ4n) is 2.43. The van der Waals surface area contributed by atoms with Crippen LogP contribution in [-0.2, 0) is 17.7 Å². The van der Waals surface area contributed by atoms with E-state index in [0.29, 0.717) is 31.6 Å². The van der Waals surface area contributed by atoms with Gasteiger partial charge in [0.1, 0.15) is 6.61 Å². The van der Waals surface area contributed by atoms with E-state index in [0.717, 1.165) is 24.5 Å². The number of halogens is 1. The van der Waals surface area contributed by atoms with E-state index < -0.39 is 0 Å². The van der Waals surface area contributed by atoms with E-state index >= 15 is 0 Å². The average Bonchev–Trinajstić information content (AvgIpc) is 3.16. The maximum Gasteiger partial charge on any atom is 0.218 e. The van der Waals surface area contributed by atoms with Gasteiger partial charge in [0.25, 0.3) is 0 Å². The Bertz CT molecular complexity index is 667. The Labute approximate surface area is 182 Å². The van der Waals surface area contributed by atoms with E-state index in [4.69, 9.17) is 9.47 Å². The van der Waals surface area contributed by atoms with Gasteiger partial charge in [-0.25, -0.2) is 4.98 Å². The summed E-state index contributed by atoms with van der Waals surface area (Å²) >= 11 is 1.81. The molecule has 0 saturated carbocycles. The Balaban J connectivity index is 0.00000364. The highest BCUT2D eigenvalue weighted by atomic mass is 127. The third-order valence-electron chi connectivity index (χ3n) is 3.79. The fraction of sp³-hybridized carbons (Fsp3) is 0.474. The molecule has 0 aliphatic rings. The number of hydrogen-bond donors (Lipinski definition) is 2. The highest BCUT2D eigenvalue weighted by Crippen LogP contribution is 2.15. The Morgan fingerprint density at radius 2 is 2.11 bits per heavy atom. The molecule has 8 heteroatoms. The van der Waals surface area contributed by atoms with Crippen LogP contribution < -0.4 is 15.4 Å². The van der Waals surface area contributed by atoms with E-state index in [1.165, 1.54) is 4.88 Å². The van der Waals surface area contributed by atoms with Gasteiger partial charge in [-0.2, -0.15) is 0 Å². The number of aromatic nitrogens is 1. The minimum atomic E-state index is 0. The molecule has 0 spiro atoms. The van der Waals surface area contributed by atoms with E-state index in [1.807, 2.05) is 12.1 Å². The van der Waals surface area contributed by atoms with E-state index in [9.17, 15) is 0 Å². The van der Waals surface area contributed by atoms with Crippen LogP contribution in [0.2, 0.25) is 0 Å². The summed E-state index contributed by atoms with van der Waals surface area (Å²) in [6.07, 6.45) is 2.80. The molecule has 2 rings (SSSR count). The molecule has 0 aliphatic heterocycles. The van der Waals surface area contributed by atoms with Gasteiger partial charge in [0.05, 0.1) is 6.61 Å². The van der Waals surface area contributed by atoms with Crippen molar-refractivity contribution in [3.63, 3.8) is 0 Å². The smallest absolute Gasteiger partial charge is 0.218 e. The number of aliphatic imine (C=N–C) groups is 1. The fourth-order valence-corrected chi connectivity index (χ4v) is 3.29. The summed E-state index contributed by atoms with van der Waals surface area (Å²) in [7, 11) is 3.43. The van der Waals surface area contributed by atoms with E-state index in [1.54, 1.807) is 31.7 Å². The standard InChI is InChI=1S/C19H28N4O2S.HI/c1-15(12-17-7-5-11-26-17)13-22-19(20-2)23-14-16-6-4-8-21-18(16)25-10-9-24-3;/h4-8,11,15H,9-10,12-14H2,1-3H3,(H2,20,22,23);1H. The molecule has 0 amide bonds. The van der Waals surface area contributed by atoms with Crippen LogP contribution in [0.1, 0.15) is 17.4 Å². The van der Waals surface area contributed by atoms with Crippen LogP contribution in [0.15, 0.2) is 40.8 Å². The van der Waals surface area contributed by atoms with Gasteiger partial charge in [-0.05, 0) is 29.9 Å². The Hall–Kier alpha value is -1.39. The summed E-state index contributed by atoms with van der Waals surface area (Å²) in [6.45, 7) is 4.71. The maximum absolute atomic E-state index is 5.67. The zero-order chi connectivity index (χ0) is 18.6. The molecule has 150 valence electrons. The zero-order valence-electron chi connectivity index (χ0n) is 16.1. The van der Waals surface area contributed by atoms with Crippen LogP contribution in [0, 0.1) is 5.92 Å². The zero-order valence-corrected chi connectivity index (χ0v) is 19.3. The largest absolute Gasteiger partial charge is 0.475 e. The summed E-state index contributed by atoms with van der Waals surface area (Å²) < 4.78 is 10.7. The SMILES string of the molecule is CN=C(NCc1cccnc1OCCOC)NCC(C)Cc1cccs1.I. The average molecular weight is 504 g/mol. The van der Waals surface area contributed by atoms with Gasteiger partial charge in [0.2, 0.25) is 5.88 Å². The Morgan fingerprint density at radius 1 is 1.26 bits per heavy atom. The lowest BCUT2D eigenvalue weighted by atomic mass is 10.1. The number of rotatable bonds is 10. The molecule has 1 atom stereocenters. The van der Waals surface area contributed by atoms with Crippen molar-refractivity contribution in [3.05, 3.63) is 46.3 Å². The van der Waals surface area contributed by atoms with E-state index in [2.05, 4.69) is 45.0 Å². The van der Waals surface area contributed by atoms with Crippen LogP contribution in [-0.4, -0.2) is 44.9 Å². The monoisotopic (exact) mass is 504 g/mol. The molecule has 0 saturated heterocycles. The summed E-state index contributed by atoms with van der Waals surface area (Å²) in [6, 6.07) is 8.18. The molecule has 6 nitrogen and oxygen atoms in total. The second-order valence-electron chi connectivity index (χ2n) is 6.00. The molecule has 0 bridgehead atoms. The van der Waals surface area contributed by atoms with Crippen molar-refractivity contribution in [1.82, 2.24) is 15.6 Å². The van der Waals surface area contributed by atoms with Crippen molar-refractivity contribution in [1.29, 1.82) is 0 Å². The van der Waals surface area contributed by atoms with Gasteiger partial charge in [0, 0.05) is 43.9 Å². The lowest BCUT2D eigenvalue weighted by Crippen LogP contribution is -2.39. The third kappa shape index (κ3) is 8.89. The summed E-state index contributed by atoms with van der Waals surface area (Å²) in [5.41, 5.74) is 0.984. The van der Waals surface area contributed by atoms with E-state index in [-0.39, 0.29) is 24.0 Å². The number of nitrogens with zero attached hydrogens (tertiary/aromatic N) is 2. The minimum absolute atomic E-state index is 0. The third-order valence-corrected chi connectivity index (χ3v) is 4.69. The molecule has 2 N–H and O–H groups in total. The number of nitrogens with one attached hydrogen (secondary N) is 2. The predicted molar refractivity (Wildman–Crippen MR) is 122 cm³/mol. The topological polar surface area (TPSA) is 67.8 Å². The van der Waals surface area contributed by atoms with Crippen molar-refractivity contribution in [2.45, 2.75) is 19.9 Å². The van der Waals surface area contributed by atoms with Gasteiger partial charge >= 0.3 is 0 Å². The molecule has 2 aromatic rings. The molecule has 0 aliphatic carbocycles.